The van der Waals surface area contributed by atoms with Gasteiger partial charge in [0.05, 0.1) is 5.56 Å². The van der Waals surface area contributed by atoms with Crippen molar-refractivity contribution in [3.05, 3.63) is 23.8 Å². The van der Waals surface area contributed by atoms with Crippen LogP contribution in [-0.4, -0.2) is 38.3 Å². The van der Waals surface area contributed by atoms with E-state index in [2.05, 4.69) is 25.4 Å². The van der Waals surface area contributed by atoms with E-state index in [0.717, 1.165) is 38.5 Å². The van der Waals surface area contributed by atoms with Crippen LogP contribution in [0.1, 0.15) is 70.8 Å². The van der Waals surface area contributed by atoms with Gasteiger partial charge in [-0.3, -0.25) is 0 Å². The summed E-state index contributed by atoms with van der Waals surface area (Å²) in [6, 6.07) is 0. The second-order valence-electron chi connectivity index (χ2n) is 9.85. The molecular formula is C21H26F3N5O3. The summed E-state index contributed by atoms with van der Waals surface area (Å²) in [6.45, 7) is 6.05. The highest BCUT2D eigenvalue weighted by atomic mass is 19.4. The third-order valence-electron chi connectivity index (χ3n) is 6.47. The molecule has 11 heteroatoms. The molecule has 174 valence electrons. The van der Waals surface area contributed by atoms with E-state index in [1.54, 1.807) is 0 Å². The van der Waals surface area contributed by atoms with E-state index in [1.807, 2.05) is 20.8 Å². The molecule has 2 aromatic rings. The van der Waals surface area contributed by atoms with Crippen molar-refractivity contribution >= 4 is 6.09 Å². The molecule has 0 radical (unpaired) electrons. The Morgan fingerprint density at radius 1 is 1.06 bits per heavy atom. The van der Waals surface area contributed by atoms with Crippen LogP contribution >= 0.6 is 0 Å². The zero-order valence-corrected chi connectivity index (χ0v) is 18.3. The van der Waals surface area contributed by atoms with Gasteiger partial charge in [0, 0.05) is 24.4 Å². The molecular weight excluding hydrogens is 427 g/mol. The van der Waals surface area contributed by atoms with Crippen LogP contribution in [-0.2, 0) is 16.3 Å². The predicted molar refractivity (Wildman–Crippen MR) is 106 cm³/mol. The summed E-state index contributed by atoms with van der Waals surface area (Å²) in [4.78, 5) is 23.9. The SMILES string of the molecule is CC(C)(C)OC(=O)NCC12CCC(c3nc(-c4ncc(C(F)(F)F)cn4)no3)(CC1)CC2. The van der Waals surface area contributed by atoms with E-state index in [-0.39, 0.29) is 22.5 Å². The molecule has 32 heavy (non-hydrogen) atoms. The molecule has 3 aliphatic rings. The molecule has 3 fully saturated rings. The van der Waals surface area contributed by atoms with Gasteiger partial charge in [0.25, 0.3) is 0 Å². The Bertz CT molecular complexity index is 957. The Hall–Kier alpha value is -2.72. The first-order chi connectivity index (χ1) is 14.9. The van der Waals surface area contributed by atoms with Crippen LogP contribution in [0.4, 0.5) is 18.0 Å². The maximum Gasteiger partial charge on any atom is 0.419 e. The summed E-state index contributed by atoms with van der Waals surface area (Å²) in [5.41, 5.74) is -1.70. The second-order valence-corrected chi connectivity index (χ2v) is 9.85. The van der Waals surface area contributed by atoms with Gasteiger partial charge in [-0.1, -0.05) is 5.16 Å². The van der Waals surface area contributed by atoms with Crippen LogP contribution in [0.15, 0.2) is 16.9 Å². The van der Waals surface area contributed by atoms with Gasteiger partial charge in [0.15, 0.2) is 0 Å². The Balaban J connectivity index is 1.40. The number of fused-ring (bicyclic) bond motifs is 3. The quantitative estimate of drug-likeness (QED) is 0.718. The van der Waals surface area contributed by atoms with Crippen molar-refractivity contribution in [3.8, 4) is 11.6 Å². The fourth-order valence-electron chi connectivity index (χ4n) is 4.54. The second kappa shape index (κ2) is 7.70. The molecule has 0 atom stereocenters. The number of alkyl halides is 3. The van der Waals surface area contributed by atoms with Crippen LogP contribution in [0.25, 0.3) is 11.6 Å². The van der Waals surface area contributed by atoms with Crippen LogP contribution in [0.2, 0.25) is 0 Å². The molecule has 0 aromatic carbocycles. The molecule has 2 heterocycles. The molecule has 3 saturated carbocycles. The minimum atomic E-state index is -4.51. The van der Waals surface area contributed by atoms with Crippen molar-refractivity contribution in [2.24, 2.45) is 5.41 Å². The first kappa shape index (κ1) is 22.5. The molecule has 2 bridgehead atoms. The van der Waals surface area contributed by atoms with Gasteiger partial charge < -0.3 is 14.6 Å². The van der Waals surface area contributed by atoms with Gasteiger partial charge in [-0.25, -0.2) is 14.8 Å². The fraction of sp³-hybridized carbons (Fsp3) is 0.667. The van der Waals surface area contributed by atoms with E-state index < -0.39 is 23.4 Å². The summed E-state index contributed by atoms with van der Waals surface area (Å²) >= 11 is 0. The average molecular weight is 453 g/mol. The van der Waals surface area contributed by atoms with Gasteiger partial charge in [-0.15, -0.1) is 0 Å². The lowest BCUT2D eigenvalue weighted by Gasteiger charge is -2.51. The van der Waals surface area contributed by atoms with Gasteiger partial charge in [-0.05, 0) is 64.7 Å². The Labute approximate surface area is 183 Å². The zero-order valence-electron chi connectivity index (χ0n) is 18.3. The number of hydrogen-bond donors (Lipinski definition) is 1. The first-order valence-electron chi connectivity index (χ1n) is 10.6. The maximum absolute atomic E-state index is 12.7. The monoisotopic (exact) mass is 453 g/mol. The topological polar surface area (TPSA) is 103 Å². The Kier molecular flexibility index (Phi) is 5.41. The minimum Gasteiger partial charge on any atom is -0.444 e. The number of amides is 1. The number of halogens is 3. The molecule has 1 N–H and O–H groups in total. The summed E-state index contributed by atoms with van der Waals surface area (Å²) in [7, 11) is 0. The van der Waals surface area contributed by atoms with E-state index in [0.29, 0.717) is 24.8 Å². The largest absolute Gasteiger partial charge is 0.444 e. The highest BCUT2D eigenvalue weighted by molar-refractivity contribution is 5.67. The lowest BCUT2D eigenvalue weighted by molar-refractivity contribution is -0.138. The first-order valence-corrected chi connectivity index (χ1v) is 10.6. The number of alkyl carbamates (subject to hydrolysis) is 1. The Morgan fingerprint density at radius 2 is 1.66 bits per heavy atom. The minimum absolute atomic E-state index is 0.00748. The average Bonchev–Trinajstić information content (AvgIpc) is 3.23. The highest BCUT2D eigenvalue weighted by Crippen LogP contribution is 2.57. The van der Waals surface area contributed by atoms with E-state index in [9.17, 15) is 18.0 Å². The molecule has 8 nitrogen and oxygen atoms in total. The lowest BCUT2D eigenvalue weighted by atomic mass is 9.53. The molecule has 0 aliphatic heterocycles. The molecule has 0 unspecified atom stereocenters. The van der Waals surface area contributed by atoms with Crippen molar-refractivity contribution in [1.82, 2.24) is 25.4 Å². The summed E-state index contributed by atoms with van der Waals surface area (Å²) in [5.74, 6) is 0.549. The van der Waals surface area contributed by atoms with Crippen LogP contribution in [0.5, 0.6) is 0 Å². The normalized spacial score (nSPS) is 25.6. The number of nitrogens with one attached hydrogen (secondary N) is 1. The Morgan fingerprint density at radius 3 is 2.19 bits per heavy atom. The summed E-state index contributed by atoms with van der Waals surface area (Å²) < 4.78 is 49.0. The predicted octanol–water partition coefficient (Wildman–Crippen LogP) is 4.66. The third-order valence-corrected chi connectivity index (χ3v) is 6.47. The number of aromatic nitrogens is 4. The molecule has 3 aliphatic carbocycles. The molecule has 0 spiro atoms. The van der Waals surface area contributed by atoms with Crippen LogP contribution in [0.3, 0.4) is 0 Å². The van der Waals surface area contributed by atoms with Gasteiger partial charge in [0.1, 0.15) is 5.60 Å². The zero-order chi connectivity index (χ0) is 23.2. The van der Waals surface area contributed by atoms with Gasteiger partial charge in [0.2, 0.25) is 17.5 Å². The number of carbonyl (C=O) groups is 1. The fourth-order valence-corrected chi connectivity index (χ4v) is 4.54. The van der Waals surface area contributed by atoms with Crippen molar-refractivity contribution in [1.29, 1.82) is 0 Å². The number of carbonyl (C=O) groups excluding carboxylic acids is 1. The number of ether oxygens (including phenoxy) is 1. The summed E-state index contributed by atoms with van der Waals surface area (Å²) in [5, 5.41) is 6.82. The standard InChI is InChI=1S/C21H26F3N5O3/c1-18(2,3)31-17(30)27-12-19-4-7-20(8-5-19,9-6-19)16-28-15(29-32-16)14-25-10-13(11-26-14)21(22,23)24/h10-11H,4-9,12H2,1-3H3,(H,27,30). The maximum atomic E-state index is 12.7. The molecule has 5 rings (SSSR count). The highest BCUT2D eigenvalue weighted by Gasteiger charge is 2.52. The van der Waals surface area contributed by atoms with Crippen molar-refractivity contribution in [3.63, 3.8) is 0 Å². The van der Waals surface area contributed by atoms with Gasteiger partial charge in [-0.2, -0.15) is 18.2 Å². The van der Waals surface area contributed by atoms with E-state index in [1.165, 1.54) is 0 Å². The molecule has 2 aromatic heterocycles. The smallest absolute Gasteiger partial charge is 0.419 e. The summed E-state index contributed by atoms with van der Waals surface area (Å²) in [6.07, 6.45) is 1.71. The van der Waals surface area contributed by atoms with Crippen molar-refractivity contribution < 1.29 is 27.2 Å². The van der Waals surface area contributed by atoms with Crippen LogP contribution < -0.4 is 5.32 Å². The number of rotatable bonds is 4. The molecule has 0 saturated heterocycles. The lowest BCUT2D eigenvalue weighted by Crippen LogP contribution is -2.49. The third kappa shape index (κ3) is 4.56. The van der Waals surface area contributed by atoms with Crippen molar-refractivity contribution in [2.45, 2.75) is 76.5 Å². The van der Waals surface area contributed by atoms with E-state index in [4.69, 9.17) is 9.26 Å². The van der Waals surface area contributed by atoms with Crippen LogP contribution in [0, 0.1) is 5.41 Å². The number of nitrogens with zero attached hydrogens (tertiary/aromatic N) is 4. The van der Waals surface area contributed by atoms with Crippen molar-refractivity contribution in [2.75, 3.05) is 6.54 Å². The molecule has 1 amide bonds. The van der Waals surface area contributed by atoms with Gasteiger partial charge >= 0.3 is 12.3 Å². The van der Waals surface area contributed by atoms with E-state index >= 15 is 0 Å². The number of hydrogen-bond acceptors (Lipinski definition) is 7.